The Morgan fingerprint density at radius 1 is 1.05 bits per heavy atom. The molecule has 3 rings (SSSR count). The van der Waals surface area contributed by atoms with Crippen molar-refractivity contribution in [2.45, 2.75) is 19.1 Å². The van der Waals surface area contributed by atoms with E-state index in [2.05, 4.69) is 0 Å². The highest BCUT2D eigenvalue weighted by atomic mass is 16.6. The van der Waals surface area contributed by atoms with Gasteiger partial charge in [0.1, 0.15) is 5.75 Å². The summed E-state index contributed by atoms with van der Waals surface area (Å²) >= 11 is 0. The SMILES string of the molecule is O=C1Oc2ccccc2CC1OCc1ccccc1. The monoisotopic (exact) mass is 254 g/mol. The van der Waals surface area contributed by atoms with Gasteiger partial charge in [-0.1, -0.05) is 48.5 Å². The van der Waals surface area contributed by atoms with Crippen LogP contribution in [-0.4, -0.2) is 12.1 Å². The number of ether oxygens (including phenoxy) is 2. The maximum absolute atomic E-state index is 11.8. The lowest BCUT2D eigenvalue weighted by atomic mass is 10.0. The minimum absolute atomic E-state index is 0.311. The van der Waals surface area contributed by atoms with Crippen LogP contribution in [0.5, 0.6) is 5.75 Å². The van der Waals surface area contributed by atoms with E-state index in [1.165, 1.54) is 0 Å². The van der Waals surface area contributed by atoms with Gasteiger partial charge in [-0.15, -0.1) is 0 Å². The van der Waals surface area contributed by atoms with E-state index in [1.807, 2.05) is 48.5 Å². The number of carbonyl (C=O) groups is 1. The van der Waals surface area contributed by atoms with E-state index in [0.29, 0.717) is 18.8 Å². The van der Waals surface area contributed by atoms with Crippen LogP contribution < -0.4 is 4.74 Å². The molecule has 1 unspecified atom stereocenters. The zero-order valence-electron chi connectivity index (χ0n) is 10.4. The molecule has 19 heavy (non-hydrogen) atoms. The Morgan fingerprint density at radius 3 is 2.63 bits per heavy atom. The van der Waals surface area contributed by atoms with Gasteiger partial charge in [0, 0.05) is 6.42 Å². The first-order chi connectivity index (χ1) is 9.33. The molecule has 0 saturated carbocycles. The Kier molecular flexibility index (Phi) is 3.29. The summed E-state index contributed by atoms with van der Waals surface area (Å²) in [6, 6.07) is 17.4. The third-order valence-corrected chi connectivity index (χ3v) is 3.15. The molecule has 0 N–H and O–H groups in total. The number of fused-ring (bicyclic) bond motifs is 1. The molecule has 1 heterocycles. The molecule has 1 aliphatic heterocycles. The smallest absolute Gasteiger partial charge is 0.341 e. The molecule has 96 valence electrons. The number of esters is 1. The summed E-state index contributed by atoms with van der Waals surface area (Å²) in [5.74, 6) is 0.335. The van der Waals surface area contributed by atoms with Crippen LogP contribution in [0.4, 0.5) is 0 Å². The van der Waals surface area contributed by atoms with Gasteiger partial charge in [-0.25, -0.2) is 4.79 Å². The van der Waals surface area contributed by atoms with Crippen LogP contribution in [0, 0.1) is 0 Å². The summed E-state index contributed by atoms with van der Waals surface area (Å²) in [7, 11) is 0. The largest absolute Gasteiger partial charge is 0.424 e. The molecule has 0 fully saturated rings. The Balaban J connectivity index is 1.68. The summed E-state index contributed by atoms with van der Waals surface area (Å²) in [5, 5.41) is 0. The molecule has 1 aliphatic rings. The van der Waals surface area contributed by atoms with E-state index in [-0.39, 0.29) is 5.97 Å². The van der Waals surface area contributed by atoms with Crippen LogP contribution in [0.2, 0.25) is 0 Å². The van der Waals surface area contributed by atoms with E-state index in [0.717, 1.165) is 11.1 Å². The Labute approximate surface area is 111 Å². The minimum Gasteiger partial charge on any atom is -0.424 e. The van der Waals surface area contributed by atoms with Gasteiger partial charge >= 0.3 is 5.97 Å². The van der Waals surface area contributed by atoms with Gasteiger partial charge < -0.3 is 9.47 Å². The fourth-order valence-corrected chi connectivity index (χ4v) is 2.13. The Morgan fingerprint density at radius 2 is 1.79 bits per heavy atom. The number of hydrogen-bond donors (Lipinski definition) is 0. The molecular formula is C16H14O3. The molecule has 2 aromatic carbocycles. The van der Waals surface area contributed by atoms with Gasteiger partial charge in [0.2, 0.25) is 0 Å². The lowest BCUT2D eigenvalue weighted by Crippen LogP contribution is -2.34. The average molecular weight is 254 g/mol. The second-order valence-corrected chi connectivity index (χ2v) is 4.52. The highest BCUT2D eigenvalue weighted by Crippen LogP contribution is 2.26. The van der Waals surface area contributed by atoms with E-state index >= 15 is 0 Å². The molecule has 2 aromatic rings. The number of para-hydroxylation sites is 1. The van der Waals surface area contributed by atoms with Gasteiger partial charge in [0.25, 0.3) is 0 Å². The maximum atomic E-state index is 11.8. The molecule has 0 bridgehead atoms. The van der Waals surface area contributed by atoms with E-state index in [4.69, 9.17) is 9.47 Å². The molecule has 0 spiro atoms. The van der Waals surface area contributed by atoms with Crippen molar-refractivity contribution in [2.24, 2.45) is 0 Å². The van der Waals surface area contributed by atoms with E-state index < -0.39 is 6.10 Å². The average Bonchev–Trinajstić information content (AvgIpc) is 2.46. The lowest BCUT2D eigenvalue weighted by molar-refractivity contribution is -0.150. The van der Waals surface area contributed by atoms with Gasteiger partial charge in [0.05, 0.1) is 6.61 Å². The van der Waals surface area contributed by atoms with Crippen molar-refractivity contribution >= 4 is 5.97 Å². The molecule has 0 radical (unpaired) electrons. The molecule has 3 nitrogen and oxygen atoms in total. The van der Waals surface area contributed by atoms with Crippen molar-refractivity contribution < 1.29 is 14.3 Å². The lowest BCUT2D eigenvalue weighted by Gasteiger charge is -2.23. The summed E-state index contributed by atoms with van der Waals surface area (Å²) in [5.41, 5.74) is 2.06. The van der Waals surface area contributed by atoms with Gasteiger partial charge in [-0.05, 0) is 17.2 Å². The number of carbonyl (C=O) groups excluding carboxylic acids is 1. The number of rotatable bonds is 3. The van der Waals surface area contributed by atoms with Crippen LogP contribution in [0.3, 0.4) is 0 Å². The number of hydrogen-bond acceptors (Lipinski definition) is 3. The summed E-state index contributed by atoms with van der Waals surface area (Å²) in [4.78, 5) is 11.8. The van der Waals surface area contributed by atoms with Crippen LogP contribution in [0.25, 0.3) is 0 Å². The fraction of sp³-hybridized carbons (Fsp3) is 0.188. The van der Waals surface area contributed by atoms with Crippen molar-refractivity contribution in [3.05, 3.63) is 65.7 Å². The second kappa shape index (κ2) is 5.24. The highest BCUT2D eigenvalue weighted by Gasteiger charge is 2.28. The first-order valence-corrected chi connectivity index (χ1v) is 6.28. The molecule has 0 aliphatic carbocycles. The van der Waals surface area contributed by atoms with Crippen LogP contribution in [0.1, 0.15) is 11.1 Å². The van der Waals surface area contributed by atoms with E-state index in [1.54, 1.807) is 6.07 Å². The summed E-state index contributed by atoms with van der Waals surface area (Å²) in [6.07, 6.45) is 0.0528. The zero-order valence-corrected chi connectivity index (χ0v) is 10.4. The van der Waals surface area contributed by atoms with Gasteiger partial charge in [0.15, 0.2) is 6.10 Å². The molecule has 0 aromatic heterocycles. The first-order valence-electron chi connectivity index (χ1n) is 6.28. The van der Waals surface area contributed by atoms with Gasteiger partial charge in [-0.3, -0.25) is 0 Å². The van der Waals surface area contributed by atoms with Crippen LogP contribution in [-0.2, 0) is 22.6 Å². The molecule has 0 saturated heterocycles. The summed E-state index contributed by atoms with van der Waals surface area (Å²) in [6.45, 7) is 0.419. The molecule has 0 amide bonds. The fourth-order valence-electron chi connectivity index (χ4n) is 2.13. The van der Waals surface area contributed by atoms with Crippen molar-refractivity contribution in [1.29, 1.82) is 0 Å². The second-order valence-electron chi connectivity index (χ2n) is 4.52. The standard InChI is InChI=1S/C16H14O3/c17-16-15(18-11-12-6-2-1-3-7-12)10-13-8-4-5-9-14(13)19-16/h1-9,15H,10-11H2. The van der Waals surface area contributed by atoms with Crippen LogP contribution in [0.15, 0.2) is 54.6 Å². The Bertz CT molecular complexity index is 578. The first kappa shape index (κ1) is 11.9. The maximum Gasteiger partial charge on any atom is 0.341 e. The van der Waals surface area contributed by atoms with E-state index in [9.17, 15) is 4.79 Å². The van der Waals surface area contributed by atoms with Crippen molar-refractivity contribution in [1.82, 2.24) is 0 Å². The van der Waals surface area contributed by atoms with Crippen molar-refractivity contribution in [2.75, 3.05) is 0 Å². The topological polar surface area (TPSA) is 35.5 Å². The highest BCUT2D eigenvalue weighted by molar-refractivity contribution is 5.80. The predicted molar refractivity (Wildman–Crippen MR) is 70.8 cm³/mol. The number of benzene rings is 2. The molecule has 1 atom stereocenters. The molecular weight excluding hydrogens is 240 g/mol. The van der Waals surface area contributed by atoms with Crippen molar-refractivity contribution in [3.8, 4) is 5.75 Å². The normalized spacial score (nSPS) is 17.7. The third-order valence-electron chi connectivity index (χ3n) is 3.15. The van der Waals surface area contributed by atoms with Gasteiger partial charge in [-0.2, -0.15) is 0 Å². The third kappa shape index (κ3) is 2.66. The molecule has 3 heteroatoms. The van der Waals surface area contributed by atoms with Crippen molar-refractivity contribution in [3.63, 3.8) is 0 Å². The zero-order chi connectivity index (χ0) is 13.1. The predicted octanol–water partition coefficient (Wildman–Crippen LogP) is 2.73. The quantitative estimate of drug-likeness (QED) is 0.624. The summed E-state index contributed by atoms with van der Waals surface area (Å²) < 4.78 is 10.9. The minimum atomic E-state index is -0.518. The van der Waals surface area contributed by atoms with Crippen LogP contribution >= 0.6 is 0 Å². The Hall–Kier alpha value is -2.13.